The third-order valence-corrected chi connectivity index (χ3v) is 6.72. The fourth-order valence-corrected chi connectivity index (χ4v) is 4.67. The van der Waals surface area contributed by atoms with Crippen molar-refractivity contribution in [2.45, 2.75) is 31.4 Å². The van der Waals surface area contributed by atoms with Gasteiger partial charge in [0.2, 0.25) is 0 Å². The summed E-state index contributed by atoms with van der Waals surface area (Å²) in [4.78, 5) is 28.7. The van der Waals surface area contributed by atoms with Gasteiger partial charge in [0, 0.05) is 45.9 Å². The molecule has 0 spiro atoms. The number of ether oxygens (including phenoxy) is 3. The van der Waals surface area contributed by atoms with E-state index in [0.29, 0.717) is 27.9 Å². The average molecular weight is 469 g/mol. The van der Waals surface area contributed by atoms with E-state index in [-0.39, 0.29) is 24.1 Å². The Hall–Kier alpha value is -2.23. The van der Waals surface area contributed by atoms with Gasteiger partial charge in [-0.25, -0.2) is 4.79 Å². The lowest BCUT2D eigenvalue weighted by Crippen LogP contribution is -2.55. The van der Waals surface area contributed by atoms with Crippen molar-refractivity contribution in [3.8, 4) is 5.75 Å². The predicted molar refractivity (Wildman–Crippen MR) is 122 cm³/mol. The maximum Gasteiger partial charge on any atom is 0.409 e. The van der Waals surface area contributed by atoms with E-state index in [2.05, 4.69) is 10.2 Å². The summed E-state index contributed by atoms with van der Waals surface area (Å²) in [5, 5.41) is 3.39. The molecule has 10 heteroatoms. The molecule has 2 aliphatic rings. The number of halogens is 1. The molecule has 1 aromatic rings. The average Bonchev–Trinajstić information content (AvgIpc) is 2.81. The van der Waals surface area contributed by atoms with Crippen LogP contribution in [0.4, 0.5) is 10.5 Å². The number of hydrogen-bond acceptors (Lipinski definition) is 7. The van der Waals surface area contributed by atoms with Crippen molar-refractivity contribution in [2.24, 2.45) is 5.92 Å². The molecular weight excluding hydrogens is 436 g/mol. The Morgan fingerprint density at radius 3 is 2.50 bits per heavy atom. The largest absolute Gasteiger partial charge is 0.496 e. The lowest BCUT2D eigenvalue weighted by atomic mass is 9.94. The van der Waals surface area contributed by atoms with Gasteiger partial charge in [0.1, 0.15) is 5.75 Å². The highest BCUT2D eigenvalue weighted by atomic mass is 35.5. The van der Waals surface area contributed by atoms with Gasteiger partial charge in [0.15, 0.2) is 0 Å². The van der Waals surface area contributed by atoms with Crippen LogP contribution in [-0.4, -0.2) is 88.0 Å². The molecule has 2 fully saturated rings. The molecule has 2 aliphatic heterocycles. The summed E-state index contributed by atoms with van der Waals surface area (Å²) < 4.78 is 15.8. The van der Waals surface area contributed by atoms with Crippen LogP contribution >= 0.6 is 11.6 Å². The number of rotatable bonds is 6. The van der Waals surface area contributed by atoms with Crippen molar-refractivity contribution in [1.82, 2.24) is 15.1 Å². The van der Waals surface area contributed by atoms with Crippen molar-refractivity contribution in [2.75, 3.05) is 59.8 Å². The van der Waals surface area contributed by atoms with Crippen LogP contribution in [0.3, 0.4) is 0 Å². The van der Waals surface area contributed by atoms with E-state index in [1.165, 1.54) is 20.3 Å². The van der Waals surface area contributed by atoms with Crippen LogP contribution in [0.2, 0.25) is 5.02 Å². The molecular formula is C22H33ClN4O5. The summed E-state index contributed by atoms with van der Waals surface area (Å²) >= 11 is 6.11. The van der Waals surface area contributed by atoms with E-state index in [9.17, 15) is 9.59 Å². The number of amides is 2. The molecule has 2 unspecified atom stereocenters. The van der Waals surface area contributed by atoms with Gasteiger partial charge in [-0.15, -0.1) is 0 Å². The van der Waals surface area contributed by atoms with Gasteiger partial charge in [-0.3, -0.25) is 4.79 Å². The number of anilines is 1. The quantitative estimate of drug-likeness (QED) is 0.616. The number of nitrogens with two attached hydrogens (primary N) is 1. The summed E-state index contributed by atoms with van der Waals surface area (Å²) in [5.74, 6) is 0.647. The molecule has 2 heterocycles. The van der Waals surface area contributed by atoms with Gasteiger partial charge < -0.3 is 35.1 Å². The Labute approximate surface area is 194 Å². The normalized spacial score (nSPS) is 22.4. The molecule has 2 atom stereocenters. The Kier molecular flexibility index (Phi) is 8.44. The Morgan fingerprint density at radius 1 is 1.16 bits per heavy atom. The molecule has 0 saturated carbocycles. The first-order chi connectivity index (χ1) is 15.4. The first-order valence-electron chi connectivity index (χ1n) is 10.9. The number of nitrogen functional groups attached to an aromatic ring is 1. The van der Waals surface area contributed by atoms with Gasteiger partial charge in [0.25, 0.3) is 5.91 Å². The minimum absolute atomic E-state index is 0.119. The number of piperidine rings is 2. The molecule has 3 N–H and O–H groups in total. The van der Waals surface area contributed by atoms with E-state index < -0.39 is 0 Å². The van der Waals surface area contributed by atoms with Crippen LogP contribution < -0.4 is 15.8 Å². The zero-order chi connectivity index (χ0) is 23.3. The second-order valence-electron chi connectivity index (χ2n) is 8.38. The highest BCUT2D eigenvalue weighted by molar-refractivity contribution is 6.33. The Morgan fingerprint density at radius 2 is 1.88 bits per heavy atom. The maximum absolute atomic E-state index is 12.9. The first kappa shape index (κ1) is 24.4. The van der Waals surface area contributed by atoms with E-state index in [0.717, 1.165) is 52.0 Å². The third-order valence-electron chi connectivity index (χ3n) is 6.39. The predicted octanol–water partition coefficient (Wildman–Crippen LogP) is 2.23. The Bertz CT molecular complexity index is 816. The second kappa shape index (κ2) is 11.1. The van der Waals surface area contributed by atoms with Crippen LogP contribution in [0.1, 0.15) is 29.6 Å². The van der Waals surface area contributed by atoms with Crippen LogP contribution in [-0.2, 0) is 9.47 Å². The van der Waals surface area contributed by atoms with E-state index >= 15 is 0 Å². The lowest BCUT2D eigenvalue weighted by molar-refractivity contribution is -0.00120. The maximum atomic E-state index is 12.9. The number of carbonyl (C=O) groups excluding carboxylic acids is 2. The summed E-state index contributed by atoms with van der Waals surface area (Å²) in [5.41, 5.74) is 6.53. The molecule has 1 aromatic carbocycles. The molecule has 2 amide bonds. The summed E-state index contributed by atoms with van der Waals surface area (Å²) in [6.07, 6.45) is 2.31. The van der Waals surface area contributed by atoms with E-state index in [1.807, 2.05) is 0 Å². The summed E-state index contributed by atoms with van der Waals surface area (Å²) in [6.45, 7) is 4.00. The molecule has 0 aromatic heterocycles. The van der Waals surface area contributed by atoms with Gasteiger partial charge in [0.05, 0.1) is 42.6 Å². The van der Waals surface area contributed by atoms with Crippen molar-refractivity contribution in [3.05, 3.63) is 22.7 Å². The zero-order valence-electron chi connectivity index (χ0n) is 18.9. The van der Waals surface area contributed by atoms with Crippen molar-refractivity contribution in [3.63, 3.8) is 0 Å². The zero-order valence-corrected chi connectivity index (χ0v) is 19.7. The second-order valence-corrected chi connectivity index (χ2v) is 8.78. The van der Waals surface area contributed by atoms with Crippen molar-refractivity contribution >= 4 is 29.3 Å². The molecule has 9 nitrogen and oxygen atoms in total. The molecule has 3 rings (SSSR count). The number of methoxy groups -OCH3 is 3. The topological polar surface area (TPSA) is 106 Å². The standard InChI is InChI=1S/C22H33ClN4O5/c1-30-19-11-17(24)16(23)10-15(19)21(28)25-18-6-7-26(13-20(18)31-2)12-14-4-8-27(9-5-14)22(29)32-3/h10-11,14,18,20H,4-9,12-13,24H2,1-3H3,(H,25,28). The SMILES string of the molecule is COC(=O)N1CCC(CN2CCC(NC(=O)c3cc(Cl)c(N)cc3OC)C(OC)C2)CC1. The van der Waals surface area contributed by atoms with E-state index in [1.54, 1.807) is 18.1 Å². The smallest absolute Gasteiger partial charge is 0.409 e. The van der Waals surface area contributed by atoms with Crippen molar-refractivity contribution < 1.29 is 23.8 Å². The number of nitrogens with one attached hydrogen (secondary N) is 1. The highest BCUT2D eigenvalue weighted by Crippen LogP contribution is 2.29. The molecule has 0 radical (unpaired) electrons. The lowest BCUT2D eigenvalue weighted by Gasteiger charge is -2.40. The minimum atomic E-state index is -0.264. The number of benzene rings is 1. The minimum Gasteiger partial charge on any atom is -0.496 e. The Balaban J connectivity index is 1.54. The van der Waals surface area contributed by atoms with Crippen LogP contribution in [0, 0.1) is 5.92 Å². The third kappa shape index (κ3) is 5.76. The van der Waals surface area contributed by atoms with Crippen LogP contribution in [0.25, 0.3) is 0 Å². The molecule has 0 bridgehead atoms. The fraction of sp³-hybridized carbons (Fsp3) is 0.636. The monoisotopic (exact) mass is 468 g/mol. The van der Waals surface area contributed by atoms with Crippen LogP contribution in [0.5, 0.6) is 5.75 Å². The van der Waals surface area contributed by atoms with Gasteiger partial charge in [-0.1, -0.05) is 11.6 Å². The fourth-order valence-electron chi connectivity index (χ4n) is 4.50. The molecule has 32 heavy (non-hydrogen) atoms. The highest BCUT2D eigenvalue weighted by Gasteiger charge is 2.33. The number of carbonyl (C=O) groups is 2. The number of hydrogen-bond donors (Lipinski definition) is 2. The number of nitrogens with zero attached hydrogens (tertiary/aromatic N) is 2. The van der Waals surface area contributed by atoms with Crippen molar-refractivity contribution in [1.29, 1.82) is 0 Å². The van der Waals surface area contributed by atoms with Crippen LogP contribution in [0.15, 0.2) is 12.1 Å². The summed E-state index contributed by atoms with van der Waals surface area (Å²) in [7, 11) is 4.58. The summed E-state index contributed by atoms with van der Waals surface area (Å²) in [6, 6.07) is 2.97. The van der Waals surface area contributed by atoms with Gasteiger partial charge in [-0.05, 0) is 31.2 Å². The van der Waals surface area contributed by atoms with Gasteiger partial charge >= 0.3 is 6.09 Å². The van der Waals surface area contributed by atoms with E-state index in [4.69, 9.17) is 31.5 Å². The number of likely N-dealkylation sites (tertiary alicyclic amines) is 2. The first-order valence-corrected chi connectivity index (χ1v) is 11.3. The molecule has 178 valence electrons. The van der Waals surface area contributed by atoms with Gasteiger partial charge in [-0.2, -0.15) is 0 Å². The molecule has 2 saturated heterocycles. The molecule has 0 aliphatic carbocycles.